The van der Waals surface area contributed by atoms with E-state index in [1.807, 2.05) is 29.3 Å². The van der Waals surface area contributed by atoms with Gasteiger partial charge < -0.3 is 15.5 Å². The summed E-state index contributed by atoms with van der Waals surface area (Å²) in [6.07, 6.45) is 3.89. The van der Waals surface area contributed by atoms with Gasteiger partial charge in [0.2, 0.25) is 5.91 Å². The maximum Gasteiger partial charge on any atom is 0.236 e. The van der Waals surface area contributed by atoms with Crippen molar-refractivity contribution in [2.75, 3.05) is 50.7 Å². The number of halogens is 2. The van der Waals surface area contributed by atoms with Gasteiger partial charge in [-0.05, 0) is 25.0 Å². The number of nitrogens with zero attached hydrogens (tertiary/aromatic N) is 4. The van der Waals surface area contributed by atoms with Crippen molar-refractivity contribution >= 4 is 36.5 Å². The molecule has 6 nitrogen and oxygen atoms in total. The number of hydrogen-bond donors (Lipinski definition) is 1. The molecule has 3 rings (SSSR count). The zero-order valence-electron chi connectivity index (χ0n) is 13.8. The van der Waals surface area contributed by atoms with E-state index < -0.39 is 0 Å². The molecule has 0 aromatic carbocycles. The Morgan fingerprint density at radius 3 is 2.54 bits per heavy atom. The number of piperazine rings is 1. The second-order valence-corrected chi connectivity index (χ2v) is 6.19. The molecule has 2 aliphatic heterocycles. The third-order valence-electron chi connectivity index (χ3n) is 4.51. The van der Waals surface area contributed by atoms with Crippen molar-refractivity contribution in [3.63, 3.8) is 0 Å². The van der Waals surface area contributed by atoms with Crippen LogP contribution in [0.1, 0.15) is 12.8 Å². The molecule has 0 saturated carbocycles. The Kier molecular flexibility index (Phi) is 8.76. The van der Waals surface area contributed by atoms with Gasteiger partial charge in [-0.3, -0.25) is 9.69 Å². The van der Waals surface area contributed by atoms with Gasteiger partial charge in [0.15, 0.2) is 0 Å². The molecule has 1 aromatic heterocycles. The Bertz CT molecular complexity index is 497. The third-order valence-corrected chi connectivity index (χ3v) is 4.51. The maximum atomic E-state index is 12.4. The normalized spacial score (nSPS) is 21.6. The zero-order chi connectivity index (χ0) is 15.4. The number of nitrogens with two attached hydrogens (primary N) is 1. The van der Waals surface area contributed by atoms with Crippen LogP contribution < -0.4 is 10.6 Å². The maximum absolute atomic E-state index is 12.4. The number of hydrogen-bond acceptors (Lipinski definition) is 5. The van der Waals surface area contributed by atoms with E-state index in [4.69, 9.17) is 5.73 Å². The summed E-state index contributed by atoms with van der Waals surface area (Å²) in [5.74, 6) is 1.25. The van der Waals surface area contributed by atoms with Crippen molar-refractivity contribution in [1.82, 2.24) is 14.8 Å². The van der Waals surface area contributed by atoms with Crippen LogP contribution in [0.15, 0.2) is 24.4 Å². The highest BCUT2D eigenvalue weighted by molar-refractivity contribution is 5.85. The monoisotopic (exact) mass is 375 g/mol. The molecule has 2 N–H and O–H groups in total. The van der Waals surface area contributed by atoms with E-state index in [1.165, 1.54) is 0 Å². The molecule has 24 heavy (non-hydrogen) atoms. The smallest absolute Gasteiger partial charge is 0.236 e. The number of amides is 1. The summed E-state index contributed by atoms with van der Waals surface area (Å²) in [4.78, 5) is 23.2. The Hall–Kier alpha value is -1.08. The molecule has 136 valence electrons. The van der Waals surface area contributed by atoms with Gasteiger partial charge in [0.05, 0.1) is 6.54 Å². The van der Waals surface area contributed by atoms with Gasteiger partial charge in [0.25, 0.3) is 0 Å². The predicted molar refractivity (Wildman–Crippen MR) is 101 cm³/mol. The van der Waals surface area contributed by atoms with Crippen molar-refractivity contribution in [2.45, 2.75) is 18.9 Å². The van der Waals surface area contributed by atoms with E-state index in [2.05, 4.69) is 14.8 Å². The Balaban J connectivity index is 0.00000144. The highest BCUT2D eigenvalue weighted by Gasteiger charge is 2.25. The average molecular weight is 376 g/mol. The molecule has 3 heterocycles. The molecule has 2 aliphatic rings. The number of piperidine rings is 1. The van der Waals surface area contributed by atoms with E-state index in [0.717, 1.165) is 51.4 Å². The first kappa shape index (κ1) is 21.0. The number of pyridine rings is 1. The van der Waals surface area contributed by atoms with Crippen LogP contribution in [0.25, 0.3) is 0 Å². The minimum Gasteiger partial charge on any atom is -0.354 e. The number of carbonyl (C=O) groups is 1. The van der Waals surface area contributed by atoms with Crippen molar-refractivity contribution < 1.29 is 4.79 Å². The molecular formula is C16H27Cl2N5O. The van der Waals surface area contributed by atoms with Crippen LogP contribution in [0.4, 0.5) is 5.82 Å². The zero-order valence-corrected chi connectivity index (χ0v) is 15.5. The summed E-state index contributed by atoms with van der Waals surface area (Å²) in [5.41, 5.74) is 5.96. The molecule has 1 amide bonds. The van der Waals surface area contributed by atoms with Crippen LogP contribution in [0, 0.1) is 0 Å². The lowest BCUT2D eigenvalue weighted by Crippen LogP contribution is -2.52. The Labute approximate surface area is 156 Å². The van der Waals surface area contributed by atoms with E-state index in [-0.39, 0.29) is 36.8 Å². The first-order valence-corrected chi connectivity index (χ1v) is 8.14. The van der Waals surface area contributed by atoms with Crippen LogP contribution in [-0.2, 0) is 4.79 Å². The Morgan fingerprint density at radius 1 is 1.17 bits per heavy atom. The molecule has 1 atom stereocenters. The second-order valence-electron chi connectivity index (χ2n) is 6.19. The first-order chi connectivity index (χ1) is 10.7. The van der Waals surface area contributed by atoms with Crippen LogP contribution in [0.5, 0.6) is 0 Å². The average Bonchev–Trinajstić information content (AvgIpc) is 2.56. The third kappa shape index (κ3) is 5.48. The van der Waals surface area contributed by atoms with Gasteiger partial charge in [0, 0.05) is 51.5 Å². The Morgan fingerprint density at radius 2 is 1.92 bits per heavy atom. The number of aromatic nitrogens is 1. The molecule has 2 fully saturated rings. The number of rotatable bonds is 3. The summed E-state index contributed by atoms with van der Waals surface area (Å²) < 4.78 is 0. The van der Waals surface area contributed by atoms with Crippen molar-refractivity contribution in [2.24, 2.45) is 5.73 Å². The molecule has 2 saturated heterocycles. The number of carbonyl (C=O) groups excluding carboxylic acids is 1. The summed E-state index contributed by atoms with van der Waals surface area (Å²) in [6.45, 7) is 5.74. The lowest BCUT2D eigenvalue weighted by atomic mass is 10.1. The van der Waals surface area contributed by atoms with Crippen molar-refractivity contribution in [3.8, 4) is 0 Å². The largest absolute Gasteiger partial charge is 0.354 e. The number of likely N-dealkylation sites (tertiary alicyclic amines) is 1. The van der Waals surface area contributed by atoms with E-state index in [1.54, 1.807) is 0 Å². The SMILES string of the molecule is Cl.Cl.NC1CCCN(C(=O)CN2CCN(c3ccccn3)CC2)C1. The molecular weight excluding hydrogens is 349 g/mol. The van der Waals surface area contributed by atoms with E-state index in [9.17, 15) is 4.79 Å². The predicted octanol–water partition coefficient (Wildman–Crippen LogP) is 0.997. The minimum absolute atomic E-state index is 0. The molecule has 0 radical (unpaired) electrons. The van der Waals surface area contributed by atoms with E-state index >= 15 is 0 Å². The first-order valence-electron chi connectivity index (χ1n) is 8.14. The summed E-state index contributed by atoms with van der Waals surface area (Å²) in [7, 11) is 0. The van der Waals surface area contributed by atoms with Crippen molar-refractivity contribution in [3.05, 3.63) is 24.4 Å². The van der Waals surface area contributed by atoms with E-state index in [0.29, 0.717) is 13.1 Å². The molecule has 0 spiro atoms. The highest BCUT2D eigenvalue weighted by Crippen LogP contribution is 2.13. The number of anilines is 1. The van der Waals surface area contributed by atoms with Crippen LogP contribution in [0.2, 0.25) is 0 Å². The lowest BCUT2D eigenvalue weighted by Gasteiger charge is -2.37. The fourth-order valence-electron chi connectivity index (χ4n) is 3.20. The second kappa shape index (κ2) is 10.0. The van der Waals surface area contributed by atoms with Gasteiger partial charge in [-0.2, -0.15) is 0 Å². The summed E-state index contributed by atoms with van der Waals surface area (Å²) >= 11 is 0. The van der Waals surface area contributed by atoms with Gasteiger partial charge in [0.1, 0.15) is 5.82 Å². The highest BCUT2D eigenvalue weighted by atomic mass is 35.5. The fraction of sp³-hybridized carbons (Fsp3) is 0.625. The summed E-state index contributed by atoms with van der Waals surface area (Å²) in [5, 5.41) is 0. The lowest BCUT2D eigenvalue weighted by molar-refractivity contribution is -0.133. The molecule has 0 aliphatic carbocycles. The topological polar surface area (TPSA) is 65.7 Å². The molecule has 1 aromatic rings. The van der Waals surface area contributed by atoms with Crippen LogP contribution >= 0.6 is 24.8 Å². The van der Waals surface area contributed by atoms with Gasteiger partial charge in [-0.25, -0.2) is 4.98 Å². The van der Waals surface area contributed by atoms with Gasteiger partial charge in [-0.1, -0.05) is 6.07 Å². The fourth-order valence-corrected chi connectivity index (χ4v) is 3.20. The summed E-state index contributed by atoms with van der Waals surface area (Å²) in [6, 6.07) is 6.13. The quantitative estimate of drug-likeness (QED) is 0.853. The van der Waals surface area contributed by atoms with Crippen LogP contribution in [-0.4, -0.2) is 72.5 Å². The van der Waals surface area contributed by atoms with Crippen LogP contribution in [0.3, 0.4) is 0 Å². The molecule has 8 heteroatoms. The standard InChI is InChI=1S/C16H25N5O.2ClH/c17-14-4-3-7-21(12-14)16(22)13-19-8-10-20(11-9-19)15-5-1-2-6-18-15;;/h1-2,5-6,14H,3-4,7-13,17H2;2*1H. The minimum atomic E-state index is 0. The van der Waals surface area contributed by atoms with Crippen molar-refractivity contribution in [1.29, 1.82) is 0 Å². The van der Waals surface area contributed by atoms with Gasteiger partial charge >= 0.3 is 0 Å². The molecule has 0 bridgehead atoms. The molecule has 1 unspecified atom stereocenters. The van der Waals surface area contributed by atoms with Gasteiger partial charge in [-0.15, -0.1) is 24.8 Å².